The number of amides is 3. The Morgan fingerprint density at radius 1 is 1.10 bits per heavy atom. The van der Waals surface area contributed by atoms with Gasteiger partial charge in [0.2, 0.25) is 15.9 Å². The number of pyridine rings is 1. The van der Waals surface area contributed by atoms with Crippen molar-refractivity contribution in [2.45, 2.75) is 61.0 Å². The topological polar surface area (TPSA) is 202 Å². The van der Waals surface area contributed by atoms with Gasteiger partial charge in [0.15, 0.2) is 0 Å². The highest BCUT2D eigenvalue weighted by atomic mass is 32.2. The first-order valence-electron chi connectivity index (χ1n) is 18.8. The number of likely N-dealkylation sites (tertiary alicyclic amines) is 1. The Morgan fingerprint density at radius 3 is 2.57 bits per heavy atom. The number of methoxy groups -OCH3 is 1. The van der Waals surface area contributed by atoms with Gasteiger partial charge in [0.1, 0.15) is 45.4 Å². The number of sulfonamides is 1. The second-order valence-electron chi connectivity index (χ2n) is 14.8. The number of carbonyl (C=O) groups excluding carboxylic acids is 2. The third kappa shape index (κ3) is 8.56. The largest absolute Gasteiger partial charge is 0.497 e. The molecule has 7 rings (SSSR count). The van der Waals surface area contributed by atoms with Gasteiger partial charge in [0.05, 0.1) is 29.7 Å². The van der Waals surface area contributed by atoms with Crippen molar-refractivity contribution in [3.63, 3.8) is 0 Å². The maximum Gasteiger partial charge on any atom is 0.330 e. The van der Waals surface area contributed by atoms with E-state index >= 15 is 0 Å². The van der Waals surface area contributed by atoms with E-state index in [-0.39, 0.29) is 36.1 Å². The fraction of sp³-hybridized carbons (Fsp3) is 0.341. The number of hydrogen-bond donors (Lipinski definition) is 4. The number of benzene rings is 2. The van der Waals surface area contributed by atoms with Gasteiger partial charge in [0, 0.05) is 54.1 Å². The molecule has 2 fully saturated rings. The molecule has 0 unspecified atom stereocenters. The molecule has 1 aliphatic carbocycles. The number of nitrogens with one attached hydrogen (secondary N) is 3. The summed E-state index contributed by atoms with van der Waals surface area (Å²) in [5, 5.41) is 20.3. The number of carboxylic acids is 1. The van der Waals surface area contributed by atoms with Crippen LogP contribution in [0.1, 0.15) is 33.1 Å². The number of carboxylic acid groups (broad SMARTS) is 1. The summed E-state index contributed by atoms with van der Waals surface area (Å²) >= 11 is 1.03. The van der Waals surface area contributed by atoms with Gasteiger partial charge < -0.3 is 34.6 Å². The van der Waals surface area contributed by atoms with Gasteiger partial charge >= 0.3 is 12.0 Å². The first-order valence-corrected chi connectivity index (χ1v) is 21.1. The third-order valence-electron chi connectivity index (χ3n) is 10.3. The van der Waals surface area contributed by atoms with Gasteiger partial charge in [-0.2, -0.15) is 0 Å². The number of hydrogen-bond acceptors (Lipinski definition) is 11. The summed E-state index contributed by atoms with van der Waals surface area (Å²) in [4.78, 5) is 47.5. The summed E-state index contributed by atoms with van der Waals surface area (Å²) in [5.74, 6) is -1.18. The fourth-order valence-corrected chi connectivity index (χ4v) is 9.65. The number of aliphatic carboxylic acids is 1. The van der Waals surface area contributed by atoms with Crippen molar-refractivity contribution in [3.05, 3.63) is 91.7 Å². The lowest BCUT2D eigenvalue weighted by molar-refractivity contribution is -0.144. The minimum atomic E-state index is -3.97. The van der Waals surface area contributed by atoms with Crippen molar-refractivity contribution in [1.29, 1.82) is 0 Å². The molecule has 3 amide bonds. The summed E-state index contributed by atoms with van der Waals surface area (Å²) in [6.45, 7) is 7.45. The Labute approximate surface area is 339 Å². The van der Waals surface area contributed by atoms with Crippen molar-refractivity contribution >= 4 is 50.2 Å². The third-order valence-corrected chi connectivity index (χ3v) is 13.4. The van der Waals surface area contributed by atoms with E-state index in [1.807, 2.05) is 56.3 Å². The quantitative estimate of drug-likeness (QED) is 0.0890. The van der Waals surface area contributed by atoms with E-state index in [0.29, 0.717) is 45.1 Å². The number of carbonyl (C=O) groups is 3. The second-order valence-corrected chi connectivity index (χ2v) is 17.9. The zero-order chi connectivity index (χ0) is 41.2. The van der Waals surface area contributed by atoms with E-state index in [4.69, 9.17) is 19.0 Å². The van der Waals surface area contributed by atoms with Crippen LogP contribution in [-0.2, 0) is 19.6 Å². The fourth-order valence-electron chi connectivity index (χ4n) is 7.25. The van der Waals surface area contributed by atoms with Crippen LogP contribution in [0.2, 0.25) is 0 Å². The normalized spacial score (nSPS) is 20.8. The predicted molar refractivity (Wildman–Crippen MR) is 217 cm³/mol. The van der Waals surface area contributed by atoms with Crippen LogP contribution in [0.5, 0.6) is 11.5 Å². The molecule has 304 valence electrons. The monoisotopic (exact) mass is 828 g/mol. The molecule has 5 atom stereocenters. The van der Waals surface area contributed by atoms with Crippen molar-refractivity contribution in [2.24, 2.45) is 11.8 Å². The summed E-state index contributed by atoms with van der Waals surface area (Å²) in [6.07, 6.45) is 2.82. The molecule has 2 aromatic carbocycles. The lowest BCUT2D eigenvalue weighted by Crippen LogP contribution is -2.56. The molecular formula is C41H44N6O9S2. The second kappa shape index (κ2) is 16.6. The van der Waals surface area contributed by atoms with Crippen LogP contribution in [0.4, 0.5) is 4.79 Å². The van der Waals surface area contributed by atoms with Crippen LogP contribution in [0.25, 0.3) is 32.7 Å². The highest BCUT2D eigenvalue weighted by Crippen LogP contribution is 2.45. The van der Waals surface area contributed by atoms with Crippen LogP contribution in [0, 0.1) is 11.8 Å². The van der Waals surface area contributed by atoms with E-state index in [9.17, 15) is 27.9 Å². The Morgan fingerprint density at radius 2 is 1.90 bits per heavy atom. The van der Waals surface area contributed by atoms with E-state index in [1.165, 1.54) is 23.3 Å². The average Bonchev–Trinajstić information content (AvgIpc) is 3.68. The smallest absolute Gasteiger partial charge is 0.330 e. The number of urea groups is 1. The standard InChI is InChI=1S/C41H44N6O9S2/c1-5-26-21-41(26,39(49)50)45-38(48)34-19-29(56-35-20-32(25-9-7-6-8-10-25)44-33-18-28(54-4)11-12-30(33)35)23-47(34)40(51)43-27(17-24(2)3)22-42-58(52,53)37-14-13-36(57-37)31-15-16-55-46-31/h5-16,18,20,24,26-27,29,34,42H,1,17,19,21-23H2,2-4H3,(H,43,51)(H,45,48)(H,49,50)/t26-,27+,29-,34+,41-/m1/s1. The van der Waals surface area contributed by atoms with Gasteiger partial charge in [-0.05, 0) is 43.0 Å². The number of fused-ring (bicyclic) bond motifs is 1. The van der Waals surface area contributed by atoms with Crippen LogP contribution in [0.3, 0.4) is 0 Å². The molecule has 3 aromatic heterocycles. The Kier molecular flexibility index (Phi) is 11.6. The average molecular weight is 829 g/mol. The molecule has 0 spiro atoms. The molecule has 58 heavy (non-hydrogen) atoms. The molecule has 4 N–H and O–H groups in total. The summed E-state index contributed by atoms with van der Waals surface area (Å²) in [7, 11) is -2.41. The molecule has 17 heteroatoms. The van der Waals surface area contributed by atoms with Crippen LogP contribution in [0.15, 0.2) is 100 Å². The molecule has 1 saturated heterocycles. The van der Waals surface area contributed by atoms with E-state index in [0.717, 1.165) is 16.9 Å². The van der Waals surface area contributed by atoms with E-state index in [2.05, 4.69) is 27.1 Å². The summed E-state index contributed by atoms with van der Waals surface area (Å²) in [5.41, 5.74) is 1.08. The number of thiophene rings is 1. The Balaban J connectivity index is 1.14. The van der Waals surface area contributed by atoms with Gasteiger partial charge in [0.25, 0.3) is 0 Å². The molecular weight excluding hydrogens is 785 g/mol. The minimum absolute atomic E-state index is 0.0321. The number of nitrogens with zero attached hydrogens (tertiary/aromatic N) is 3. The number of rotatable bonds is 16. The molecule has 2 aliphatic rings. The highest BCUT2D eigenvalue weighted by molar-refractivity contribution is 7.91. The molecule has 0 bridgehead atoms. The minimum Gasteiger partial charge on any atom is -0.497 e. The number of ether oxygens (including phenoxy) is 2. The highest BCUT2D eigenvalue weighted by Gasteiger charge is 2.61. The summed E-state index contributed by atoms with van der Waals surface area (Å²) < 4.78 is 46.5. The van der Waals surface area contributed by atoms with Crippen molar-refractivity contribution in [2.75, 3.05) is 20.2 Å². The van der Waals surface area contributed by atoms with Gasteiger partial charge in [-0.1, -0.05) is 55.4 Å². The maximum atomic E-state index is 14.3. The first-order chi connectivity index (χ1) is 27.8. The van der Waals surface area contributed by atoms with Crippen molar-refractivity contribution in [3.8, 4) is 33.3 Å². The van der Waals surface area contributed by atoms with Crippen LogP contribution >= 0.6 is 11.3 Å². The lowest BCUT2D eigenvalue weighted by Gasteiger charge is -2.28. The predicted octanol–water partition coefficient (Wildman–Crippen LogP) is 5.70. The Bertz CT molecular complexity index is 2420. The molecule has 4 heterocycles. The SMILES string of the molecule is C=C[C@@H]1C[C@]1(NC(=O)[C@@H]1C[C@@H](Oc2cc(-c3ccccc3)nc3cc(OC)ccc23)CN1C(=O)N[C@H](CNS(=O)(=O)c1ccc(-c2ccon2)s1)CC(C)C)C(=O)O. The van der Waals surface area contributed by atoms with Gasteiger partial charge in [-0.15, -0.1) is 17.9 Å². The molecule has 15 nitrogen and oxygen atoms in total. The van der Waals surface area contributed by atoms with Gasteiger partial charge in [-0.3, -0.25) is 4.79 Å². The summed E-state index contributed by atoms with van der Waals surface area (Å²) in [6, 6.07) is 19.1. The van der Waals surface area contributed by atoms with Crippen LogP contribution in [-0.4, -0.2) is 90.4 Å². The Hall–Kier alpha value is -5.78. The van der Waals surface area contributed by atoms with Crippen LogP contribution < -0.4 is 24.8 Å². The molecule has 0 radical (unpaired) electrons. The zero-order valence-electron chi connectivity index (χ0n) is 32.1. The molecule has 5 aromatic rings. The number of aromatic nitrogens is 2. The van der Waals surface area contributed by atoms with Crippen molar-refractivity contribution < 1.29 is 41.9 Å². The van der Waals surface area contributed by atoms with Crippen molar-refractivity contribution in [1.82, 2.24) is 30.4 Å². The zero-order valence-corrected chi connectivity index (χ0v) is 33.7. The lowest BCUT2D eigenvalue weighted by atomic mass is 10.0. The molecule has 1 aliphatic heterocycles. The van der Waals surface area contributed by atoms with Gasteiger partial charge in [-0.25, -0.2) is 27.7 Å². The van der Waals surface area contributed by atoms with E-state index in [1.54, 1.807) is 31.4 Å². The maximum absolute atomic E-state index is 14.3. The first kappa shape index (κ1) is 40.4. The molecule has 1 saturated carbocycles. The van der Waals surface area contributed by atoms with E-state index < -0.39 is 57.6 Å².